The Labute approximate surface area is 157 Å². The summed E-state index contributed by atoms with van der Waals surface area (Å²) in [7, 11) is 0. The van der Waals surface area contributed by atoms with E-state index in [2.05, 4.69) is 5.10 Å². The fourth-order valence-electron chi connectivity index (χ4n) is 3.81. The number of nitrogens with zero attached hydrogens (tertiary/aromatic N) is 3. The molecule has 142 valence electrons. The Morgan fingerprint density at radius 2 is 2.11 bits per heavy atom. The molecular formula is C20H23N3O4. The van der Waals surface area contributed by atoms with E-state index < -0.39 is 5.97 Å². The Morgan fingerprint density at radius 3 is 2.96 bits per heavy atom. The van der Waals surface area contributed by atoms with Crippen LogP contribution in [0.2, 0.25) is 0 Å². The second-order valence-corrected chi connectivity index (χ2v) is 7.18. The first-order chi connectivity index (χ1) is 13.1. The average molecular weight is 369 g/mol. The number of ether oxygens (including phenoxy) is 1. The minimum atomic E-state index is -0.826. The quantitative estimate of drug-likeness (QED) is 0.890. The molecule has 4 rings (SSSR count). The molecule has 0 saturated heterocycles. The summed E-state index contributed by atoms with van der Waals surface area (Å²) in [5.74, 6) is -0.00163. The maximum atomic E-state index is 13.1. The highest BCUT2D eigenvalue weighted by atomic mass is 16.5. The molecule has 0 saturated carbocycles. The molecule has 7 nitrogen and oxygen atoms in total. The minimum absolute atomic E-state index is 0.0674. The van der Waals surface area contributed by atoms with Crippen molar-refractivity contribution in [2.75, 3.05) is 13.2 Å². The molecule has 0 spiro atoms. The number of carbonyl (C=O) groups excluding carboxylic acids is 1. The monoisotopic (exact) mass is 369 g/mol. The molecule has 3 heterocycles. The van der Waals surface area contributed by atoms with Gasteiger partial charge in [-0.2, -0.15) is 5.10 Å². The summed E-state index contributed by atoms with van der Waals surface area (Å²) in [5.41, 5.74) is 2.83. The summed E-state index contributed by atoms with van der Waals surface area (Å²) < 4.78 is 7.70. The molecule has 2 aliphatic rings. The Morgan fingerprint density at radius 1 is 1.26 bits per heavy atom. The van der Waals surface area contributed by atoms with Gasteiger partial charge in [-0.05, 0) is 30.5 Å². The van der Waals surface area contributed by atoms with Crippen LogP contribution < -0.4 is 4.74 Å². The molecule has 7 heteroatoms. The van der Waals surface area contributed by atoms with Gasteiger partial charge in [-0.15, -0.1) is 0 Å². The summed E-state index contributed by atoms with van der Waals surface area (Å²) in [6, 6.07) is 9.80. The number of fused-ring (bicyclic) bond motifs is 2. The number of hydrogen-bond acceptors (Lipinski definition) is 4. The third-order valence-corrected chi connectivity index (χ3v) is 5.20. The van der Waals surface area contributed by atoms with Crippen LogP contribution in [0.5, 0.6) is 5.75 Å². The molecule has 0 fully saturated rings. The van der Waals surface area contributed by atoms with Crippen LogP contribution >= 0.6 is 0 Å². The van der Waals surface area contributed by atoms with E-state index in [0.717, 1.165) is 35.7 Å². The number of aromatic nitrogens is 2. The first-order valence-electron chi connectivity index (χ1n) is 9.37. The zero-order valence-corrected chi connectivity index (χ0v) is 15.1. The molecule has 0 aliphatic carbocycles. The molecule has 2 aromatic rings. The zero-order valence-electron chi connectivity index (χ0n) is 15.1. The predicted octanol–water partition coefficient (Wildman–Crippen LogP) is 1.88. The van der Waals surface area contributed by atoms with E-state index in [1.807, 2.05) is 39.9 Å². The lowest BCUT2D eigenvalue weighted by atomic mass is 9.95. The maximum Gasteiger partial charge on any atom is 0.303 e. The Bertz CT molecular complexity index is 861. The molecular weight excluding hydrogens is 346 g/mol. The van der Waals surface area contributed by atoms with Gasteiger partial charge < -0.3 is 14.7 Å². The number of carboxylic acid groups (broad SMARTS) is 1. The van der Waals surface area contributed by atoms with Gasteiger partial charge in [-0.25, -0.2) is 0 Å². The lowest BCUT2D eigenvalue weighted by Gasteiger charge is -2.29. The van der Waals surface area contributed by atoms with Crippen molar-refractivity contribution < 1.29 is 19.4 Å². The van der Waals surface area contributed by atoms with E-state index in [4.69, 9.17) is 9.84 Å². The van der Waals surface area contributed by atoms with Gasteiger partial charge in [0.1, 0.15) is 12.4 Å². The molecule has 1 aromatic heterocycles. The minimum Gasteiger partial charge on any atom is -0.492 e. The van der Waals surface area contributed by atoms with Crippen LogP contribution in [0.4, 0.5) is 0 Å². The SMILES string of the molecule is O=C(O)CCc1cc2n(n1)CCCN(C(=O)C1COc3ccccc3C1)C2. The Hall–Kier alpha value is -2.83. The van der Waals surface area contributed by atoms with Crippen LogP contribution in [-0.4, -0.2) is 44.8 Å². The van der Waals surface area contributed by atoms with E-state index in [0.29, 0.717) is 32.5 Å². The number of carboxylic acids is 1. The van der Waals surface area contributed by atoms with Crippen LogP contribution in [0.3, 0.4) is 0 Å². The number of aryl methyl sites for hydroxylation is 2. The number of para-hydroxylation sites is 1. The summed E-state index contributed by atoms with van der Waals surface area (Å²) in [4.78, 5) is 25.8. The topological polar surface area (TPSA) is 84.7 Å². The summed E-state index contributed by atoms with van der Waals surface area (Å²) in [5, 5.41) is 13.4. The summed E-state index contributed by atoms with van der Waals surface area (Å²) in [6.07, 6.45) is 2.02. The van der Waals surface area contributed by atoms with Crippen molar-refractivity contribution in [3.63, 3.8) is 0 Å². The number of rotatable bonds is 4. The van der Waals surface area contributed by atoms with Crippen molar-refractivity contribution in [1.29, 1.82) is 0 Å². The van der Waals surface area contributed by atoms with Crippen molar-refractivity contribution in [3.05, 3.63) is 47.3 Å². The van der Waals surface area contributed by atoms with Gasteiger partial charge in [0.25, 0.3) is 0 Å². The molecule has 1 atom stereocenters. The fourth-order valence-corrected chi connectivity index (χ4v) is 3.81. The molecule has 1 aromatic carbocycles. The largest absolute Gasteiger partial charge is 0.492 e. The highest BCUT2D eigenvalue weighted by Gasteiger charge is 2.31. The van der Waals surface area contributed by atoms with Crippen molar-refractivity contribution >= 4 is 11.9 Å². The van der Waals surface area contributed by atoms with Gasteiger partial charge in [0.15, 0.2) is 0 Å². The van der Waals surface area contributed by atoms with Crippen molar-refractivity contribution in [3.8, 4) is 5.75 Å². The number of carbonyl (C=O) groups is 2. The molecule has 1 unspecified atom stereocenters. The Balaban J connectivity index is 1.45. The fraction of sp³-hybridized carbons (Fsp3) is 0.450. The average Bonchev–Trinajstić information content (AvgIpc) is 2.95. The first-order valence-corrected chi connectivity index (χ1v) is 9.37. The smallest absolute Gasteiger partial charge is 0.303 e. The van der Waals surface area contributed by atoms with Gasteiger partial charge in [0, 0.05) is 19.5 Å². The molecule has 1 amide bonds. The standard InChI is InChI=1S/C20H23N3O4/c24-19(25)7-6-16-11-17-12-22(8-3-9-23(17)21-16)20(26)15-10-14-4-1-2-5-18(14)27-13-15/h1-2,4-5,11,15H,3,6-10,12-13H2,(H,24,25). The summed E-state index contributed by atoms with van der Waals surface area (Å²) in [6.45, 7) is 2.37. The molecule has 0 radical (unpaired) electrons. The van der Waals surface area contributed by atoms with Gasteiger partial charge in [0.05, 0.1) is 30.3 Å². The first kappa shape index (κ1) is 17.6. The van der Waals surface area contributed by atoms with E-state index in [-0.39, 0.29) is 18.2 Å². The summed E-state index contributed by atoms with van der Waals surface area (Å²) >= 11 is 0. The maximum absolute atomic E-state index is 13.1. The van der Waals surface area contributed by atoms with Crippen molar-refractivity contribution in [2.45, 2.75) is 38.8 Å². The zero-order chi connectivity index (χ0) is 18.8. The second-order valence-electron chi connectivity index (χ2n) is 7.18. The molecule has 1 N–H and O–H groups in total. The van der Waals surface area contributed by atoms with Crippen molar-refractivity contribution in [2.24, 2.45) is 5.92 Å². The predicted molar refractivity (Wildman–Crippen MR) is 97.3 cm³/mol. The van der Waals surface area contributed by atoms with E-state index in [1.165, 1.54) is 0 Å². The van der Waals surface area contributed by atoms with Crippen LogP contribution in [0.1, 0.15) is 29.8 Å². The number of hydrogen-bond donors (Lipinski definition) is 1. The van der Waals surface area contributed by atoms with Crippen LogP contribution in [0.15, 0.2) is 30.3 Å². The van der Waals surface area contributed by atoms with Crippen LogP contribution in [-0.2, 0) is 35.5 Å². The third kappa shape index (κ3) is 3.82. The van der Waals surface area contributed by atoms with Gasteiger partial charge in [-0.3, -0.25) is 14.3 Å². The van der Waals surface area contributed by atoms with Crippen molar-refractivity contribution in [1.82, 2.24) is 14.7 Å². The number of benzene rings is 1. The number of aliphatic carboxylic acids is 1. The van der Waals surface area contributed by atoms with Crippen LogP contribution in [0.25, 0.3) is 0 Å². The molecule has 27 heavy (non-hydrogen) atoms. The van der Waals surface area contributed by atoms with Gasteiger partial charge in [-0.1, -0.05) is 18.2 Å². The van der Waals surface area contributed by atoms with E-state index in [1.54, 1.807) is 0 Å². The number of amides is 1. The van der Waals surface area contributed by atoms with Gasteiger partial charge in [0.2, 0.25) is 5.91 Å². The Kier molecular flexibility index (Phi) is 4.83. The molecule has 0 bridgehead atoms. The van der Waals surface area contributed by atoms with E-state index in [9.17, 15) is 9.59 Å². The highest BCUT2D eigenvalue weighted by molar-refractivity contribution is 5.79. The lowest BCUT2D eigenvalue weighted by molar-refractivity contribution is -0.138. The van der Waals surface area contributed by atoms with E-state index >= 15 is 0 Å². The normalized spacial score (nSPS) is 18.8. The van der Waals surface area contributed by atoms with Crippen LogP contribution in [0, 0.1) is 5.92 Å². The highest BCUT2D eigenvalue weighted by Crippen LogP contribution is 2.28. The third-order valence-electron chi connectivity index (χ3n) is 5.20. The molecule has 2 aliphatic heterocycles. The lowest BCUT2D eigenvalue weighted by Crippen LogP contribution is -2.40. The second kappa shape index (κ2) is 7.42. The van der Waals surface area contributed by atoms with Gasteiger partial charge >= 0.3 is 5.97 Å².